The van der Waals surface area contributed by atoms with E-state index < -0.39 is 6.09 Å². The molecule has 1 unspecified atom stereocenters. The van der Waals surface area contributed by atoms with Crippen molar-refractivity contribution in [1.82, 2.24) is 4.90 Å². The Morgan fingerprint density at radius 2 is 2.44 bits per heavy atom. The molecule has 0 bridgehead atoms. The number of hydrogen-bond acceptors (Lipinski definition) is 3. The maximum atomic E-state index is 10.8. The van der Waals surface area contributed by atoms with Crippen molar-refractivity contribution < 1.29 is 14.6 Å². The SMILES string of the molecule is CN(C(=O)O)C1COc2cc(C#N)ccc21. The lowest BCUT2D eigenvalue weighted by atomic mass is 10.1. The molecule has 0 aliphatic carbocycles. The van der Waals surface area contributed by atoms with Gasteiger partial charge in [-0.05, 0) is 12.1 Å². The monoisotopic (exact) mass is 218 g/mol. The lowest BCUT2D eigenvalue weighted by Crippen LogP contribution is -2.30. The quantitative estimate of drug-likeness (QED) is 0.776. The molecule has 82 valence electrons. The summed E-state index contributed by atoms with van der Waals surface area (Å²) in [7, 11) is 1.50. The molecule has 1 aromatic carbocycles. The van der Waals surface area contributed by atoms with E-state index in [2.05, 4.69) is 0 Å². The summed E-state index contributed by atoms with van der Waals surface area (Å²) in [6.07, 6.45) is -0.995. The van der Waals surface area contributed by atoms with Crippen LogP contribution in [-0.2, 0) is 0 Å². The molecular weight excluding hydrogens is 208 g/mol. The predicted molar refractivity (Wildman–Crippen MR) is 55.2 cm³/mol. The van der Waals surface area contributed by atoms with Crippen molar-refractivity contribution in [2.24, 2.45) is 0 Å². The minimum absolute atomic E-state index is 0.291. The highest BCUT2D eigenvalue weighted by Crippen LogP contribution is 2.35. The maximum absolute atomic E-state index is 10.8. The second-order valence-corrected chi connectivity index (χ2v) is 3.58. The number of benzene rings is 1. The smallest absolute Gasteiger partial charge is 0.407 e. The minimum Gasteiger partial charge on any atom is -0.491 e. The Morgan fingerprint density at radius 3 is 3.06 bits per heavy atom. The largest absolute Gasteiger partial charge is 0.491 e. The normalized spacial score (nSPS) is 17.1. The molecule has 1 aliphatic rings. The number of rotatable bonds is 1. The molecule has 1 aliphatic heterocycles. The molecule has 0 saturated carbocycles. The van der Waals surface area contributed by atoms with Gasteiger partial charge >= 0.3 is 6.09 Å². The van der Waals surface area contributed by atoms with Crippen molar-refractivity contribution >= 4 is 6.09 Å². The van der Waals surface area contributed by atoms with Crippen LogP contribution < -0.4 is 4.74 Å². The third-order valence-electron chi connectivity index (χ3n) is 2.67. The van der Waals surface area contributed by atoms with Gasteiger partial charge in [-0.3, -0.25) is 0 Å². The Labute approximate surface area is 92.5 Å². The van der Waals surface area contributed by atoms with Crippen molar-refractivity contribution in [3.8, 4) is 11.8 Å². The van der Waals surface area contributed by atoms with E-state index in [0.29, 0.717) is 17.9 Å². The molecule has 1 aromatic rings. The molecule has 0 spiro atoms. The molecule has 1 N–H and O–H groups in total. The molecule has 0 saturated heterocycles. The van der Waals surface area contributed by atoms with E-state index >= 15 is 0 Å². The van der Waals surface area contributed by atoms with Crippen LogP contribution >= 0.6 is 0 Å². The van der Waals surface area contributed by atoms with Crippen molar-refractivity contribution in [3.05, 3.63) is 29.3 Å². The summed E-state index contributed by atoms with van der Waals surface area (Å²) in [5, 5.41) is 17.6. The zero-order valence-electron chi connectivity index (χ0n) is 8.67. The molecule has 2 rings (SSSR count). The average molecular weight is 218 g/mol. The topological polar surface area (TPSA) is 73.6 Å². The fraction of sp³-hybridized carbons (Fsp3) is 0.273. The minimum atomic E-state index is -0.995. The fourth-order valence-corrected chi connectivity index (χ4v) is 1.72. The Balaban J connectivity index is 2.34. The van der Waals surface area contributed by atoms with Crippen LogP contribution in [-0.4, -0.2) is 29.8 Å². The van der Waals surface area contributed by atoms with Gasteiger partial charge in [0.25, 0.3) is 0 Å². The Hall–Kier alpha value is -2.22. The lowest BCUT2D eigenvalue weighted by Gasteiger charge is -2.19. The van der Waals surface area contributed by atoms with Crippen molar-refractivity contribution in [2.45, 2.75) is 6.04 Å². The van der Waals surface area contributed by atoms with Crippen LogP contribution in [0.3, 0.4) is 0 Å². The highest BCUT2D eigenvalue weighted by Gasteiger charge is 2.30. The van der Waals surface area contributed by atoms with Crippen molar-refractivity contribution in [2.75, 3.05) is 13.7 Å². The van der Waals surface area contributed by atoms with Crippen LogP contribution in [0, 0.1) is 11.3 Å². The number of nitrogens with zero attached hydrogens (tertiary/aromatic N) is 2. The zero-order chi connectivity index (χ0) is 11.7. The standard InChI is InChI=1S/C11H10N2O3/c1-13(11(14)15)9-6-16-10-4-7(5-12)2-3-8(9)10/h2-4,9H,6H2,1H3,(H,14,15). The number of likely N-dealkylation sites (N-methyl/N-ethyl adjacent to an activating group) is 1. The van der Waals surface area contributed by atoms with Crippen LogP contribution in [0.1, 0.15) is 17.2 Å². The van der Waals surface area contributed by atoms with Gasteiger partial charge in [0.2, 0.25) is 0 Å². The van der Waals surface area contributed by atoms with Crippen molar-refractivity contribution in [3.63, 3.8) is 0 Å². The van der Waals surface area contributed by atoms with Gasteiger partial charge in [-0.15, -0.1) is 0 Å². The molecule has 0 fully saturated rings. The molecule has 0 aromatic heterocycles. The maximum Gasteiger partial charge on any atom is 0.407 e. The van der Waals surface area contributed by atoms with Gasteiger partial charge in [0.15, 0.2) is 0 Å². The number of ether oxygens (including phenoxy) is 1. The van der Waals surface area contributed by atoms with E-state index in [1.807, 2.05) is 6.07 Å². The summed E-state index contributed by atoms with van der Waals surface area (Å²) in [5.74, 6) is 0.595. The van der Waals surface area contributed by atoms with Crippen LogP contribution in [0.4, 0.5) is 4.79 Å². The number of nitriles is 1. The highest BCUT2D eigenvalue weighted by molar-refractivity contribution is 5.66. The first-order valence-electron chi connectivity index (χ1n) is 4.76. The summed E-state index contributed by atoms with van der Waals surface area (Å²) < 4.78 is 5.37. The Bertz CT molecular complexity index is 479. The van der Waals surface area contributed by atoms with Gasteiger partial charge in [-0.25, -0.2) is 4.79 Å². The Morgan fingerprint density at radius 1 is 1.69 bits per heavy atom. The van der Waals surface area contributed by atoms with Gasteiger partial charge < -0.3 is 14.7 Å². The number of carbonyl (C=O) groups is 1. The molecule has 1 heterocycles. The summed E-state index contributed by atoms with van der Waals surface area (Å²) in [5.41, 5.74) is 1.32. The van der Waals surface area contributed by atoms with Gasteiger partial charge in [-0.2, -0.15) is 5.26 Å². The van der Waals surface area contributed by atoms with Gasteiger partial charge in [-0.1, -0.05) is 6.07 Å². The van der Waals surface area contributed by atoms with Crippen LogP contribution in [0.2, 0.25) is 0 Å². The first-order valence-corrected chi connectivity index (χ1v) is 4.76. The molecule has 16 heavy (non-hydrogen) atoms. The van der Waals surface area contributed by atoms with E-state index in [1.165, 1.54) is 11.9 Å². The van der Waals surface area contributed by atoms with Gasteiger partial charge in [0.1, 0.15) is 12.4 Å². The van der Waals surface area contributed by atoms with Crippen molar-refractivity contribution in [1.29, 1.82) is 5.26 Å². The summed E-state index contributed by atoms with van der Waals surface area (Å²) in [6.45, 7) is 0.299. The number of amides is 1. The number of carboxylic acid groups (broad SMARTS) is 1. The summed E-state index contributed by atoms with van der Waals surface area (Å²) in [6, 6.07) is 6.76. The second kappa shape index (κ2) is 3.74. The molecule has 1 amide bonds. The molecular formula is C11H10N2O3. The summed E-state index contributed by atoms with van der Waals surface area (Å²) >= 11 is 0. The molecule has 5 heteroatoms. The van der Waals surface area contributed by atoms with E-state index in [9.17, 15) is 4.79 Å². The van der Waals surface area contributed by atoms with Crippen LogP contribution in [0.15, 0.2) is 18.2 Å². The summed E-state index contributed by atoms with van der Waals surface area (Å²) in [4.78, 5) is 12.0. The first kappa shape index (κ1) is 10.3. The average Bonchev–Trinajstić information content (AvgIpc) is 2.70. The van der Waals surface area contributed by atoms with Gasteiger partial charge in [0.05, 0.1) is 17.7 Å². The third kappa shape index (κ3) is 1.54. The lowest BCUT2D eigenvalue weighted by molar-refractivity contribution is 0.129. The highest BCUT2D eigenvalue weighted by atomic mass is 16.5. The zero-order valence-corrected chi connectivity index (χ0v) is 8.67. The first-order chi connectivity index (χ1) is 7.63. The molecule has 5 nitrogen and oxygen atoms in total. The molecule has 0 radical (unpaired) electrons. The number of fused-ring (bicyclic) bond motifs is 1. The van der Waals surface area contributed by atoms with Crippen LogP contribution in [0.5, 0.6) is 5.75 Å². The van der Waals surface area contributed by atoms with E-state index in [-0.39, 0.29) is 6.04 Å². The number of hydrogen-bond donors (Lipinski definition) is 1. The third-order valence-corrected chi connectivity index (χ3v) is 2.67. The van der Waals surface area contributed by atoms with E-state index in [1.54, 1.807) is 18.2 Å². The Kier molecular flexibility index (Phi) is 2.41. The van der Waals surface area contributed by atoms with E-state index in [4.69, 9.17) is 15.1 Å². The van der Waals surface area contributed by atoms with Gasteiger partial charge in [0, 0.05) is 12.6 Å². The second-order valence-electron chi connectivity index (χ2n) is 3.58. The van der Waals surface area contributed by atoms with Crippen LogP contribution in [0.25, 0.3) is 0 Å². The molecule has 1 atom stereocenters. The predicted octanol–water partition coefficient (Wildman–Crippen LogP) is 1.60. The fourth-order valence-electron chi connectivity index (χ4n) is 1.72. The van der Waals surface area contributed by atoms with E-state index in [0.717, 1.165) is 5.56 Å².